The highest BCUT2D eigenvalue weighted by molar-refractivity contribution is 5.94. The number of nitrogens with one attached hydrogen (secondary N) is 1. The number of carbonyl (C=O) groups is 1. The number of hydrogen-bond donors (Lipinski definition) is 1. The summed E-state index contributed by atoms with van der Waals surface area (Å²) < 4.78 is 28.8. The van der Waals surface area contributed by atoms with Gasteiger partial charge in [-0.25, -0.2) is 8.78 Å². The Morgan fingerprint density at radius 2 is 2.00 bits per heavy atom. The minimum absolute atomic E-state index is 0.146. The molecule has 1 fully saturated rings. The van der Waals surface area contributed by atoms with Gasteiger partial charge in [-0.3, -0.25) is 9.59 Å². The second-order valence-electron chi connectivity index (χ2n) is 5.70. The first kappa shape index (κ1) is 15.4. The Bertz CT molecular complexity index is 826. The molecule has 1 N–H and O–H groups in total. The molecule has 0 spiro atoms. The van der Waals surface area contributed by atoms with Crippen molar-refractivity contribution in [1.82, 2.24) is 9.88 Å². The summed E-state index contributed by atoms with van der Waals surface area (Å²) in [6, 6.07) is 5.99. The molecule has 0 saturated heterocycles. The highest BCUT2D eigenvalue weighted by Gasteiger charge is 2.47. The molecular weight excluding hydrogens is 302 g/mol. The third-order valence-electron chi connectivity index (χ3n) is 4.15. The summed E-state index contributed by atoms with van der Waals surface area (Å²) in [5.41, 5.74) is -0.805. The maximum absolute atomic E-state index is 13.9. The van der Waals surface area contributed by atoms with Crippen LogP contribution in [-0.4, -0.2) is 10.5 Å². The van der Waals surface area contributed by atoms with E-state index in [2.05, 4.69) is 5.32 Å². The number of halogens is 2. The van der Waals surface area contributed by atoms with Crippen molar-refractivity contribution in [3.8, 4) is 0 Å². The Morgan fingerprint density at radius 3 is 2.61 bits per heavy atom. The van der Waals surface area contributed by atoms with Crippen molar-refractivity contribution in [2.45, 2.75) is 31.8 Å². The highest BCUT2D eigenvalue weighted by atomic mass is 19.1. The fourth-order valence-corrected chi connectivity index (χ4v) is 2.65. The van der Waals surface area contributed by atoms with Crippen molar-refractivity contribution in [2.24, 2.45) is 0 Å². The van der Waals surface area contributed by atoms with Crippen LogP contribution in [0.1, 0.15) is 35.7 Å². The second-order valence-corrected chi connectivity index (χ2v) is 5.70. The Kier molecular flexibility index (Phi) is 3.75. The van der Waals surface area contributed by atoms with Crippen LogP contribution in [0.2, 0.25) is 0 Å². The summed E-state index contributed by atoms with van der Waals surface area (Å²) in [5.74, 6) is -1.57. The molecule has 2 aromatic rings. The van der Waals surface area contributed by atoms with E-state index in [0.717, 1.165) is 18.2 Å². The topological polar surface area (TPSA) is 51.1 Å². The highest BCUT2D eigenvalue weighted by Crippen LogP contribution is 2.46. The van der Waals surface area contributed by atoms with Gasteiger partial charge in [-0.05, 0) is 44.0 Å². The van der Waals surface area contributed by atoms with Gasteiger partial charge in [0, 0.05) is 29.9 Å². The number of hydrogen-bond acceptors (Lipinski definition) is 2. The van der Waals surface area contributed by atoms with Crippen LogP contribution in [0.25, 0.3) is 0 Å². The van der Waals surface area contributed by atoms with E-state index in [1.807, 2.05) is 6.92 Å². The summed E-state index contributed by atoms with van der Waals surface area (Å²) in [4.78, 5) is 24.1. The minimum Gasteiger partial charge on any atom is -0.342 e. The fourth-order valence-electron chi connectivity index (χ4n) is 2.65. The van der Waals surface area contributed by atoms with Crippen LogP contribution < -0.4 is 10.9 Å². The third kappa shape index (κ3) is 2.88. The summed E-state index contributed by atoms with van der Waals surface area (Å²) >= 11 is 0. The number of nitrogens with zero attached hydrogens (tertiary/aromatic N) is 1. The van der Waals surface area contributed by atoms with Crippen LogP contribution in [0.3, 0.4) is 0 Å². The van der Waals surface area contributed by atoms with Crippen molar-refractivity contribution >= 4 is 5.91 Å². The van der Waals surface area contributed by atoms with Gasteiger partial charge < -0.3 is 9.88 Å². The Hall–Kier alpha value is -2.50. The number of benzene rings is 1. The molecule has 1 aliphatic carbocycles. The smallest absolute Gasteiger partial charge is 0.252 e. The van der Waals surface area contributed by atoms with E-state index in [0.29, 0.717) is 19.4 Å². The van der Waals surface area contributed by atoms with Crippen molar-refractivity contribution in [3.63, 3.8) is 0 Å². The molecule has 0 radical (unpaired) electrons. The Labute approximate surface area is 131 Å². The fraction of sp³-hybridized carbons (Fsp3) is 0.294. The van der Waals surface area contributed by atoms with Crippen LogP contribution in [0.4, 0.5) is 8.78 Å². The van der Waals surface area contributed by atoms with E-state index in [4.69, 9.17) is 0 Å². The van der Waals surface area contributed by atoms with Gasteiger partial charge in [-0.2, -0.15) is 0 Å². The molecule has 3 rings (SSSR count). The number of rotatable bonds is 4. The number of aryl methyl sites for hydroxylation is 1. The minimum atomic E-state index is -0.886. The average molecular weight is 318 g/mol. The van der Waals surface area contributed by atoms with E-state index < -0.39 is 23.1 Å². The second kappa shape index (κ2) is 5.61. The lowest BCUT2D eigenvalue weighted by atomic mass is 10.0. The van der Waals surface area contributed by atoms with Gasteiger partial charge >= 0.3 is 0 Å². The number of aromatic nitrogens is 1. The van der Waals surface area contributed by atoms with Crippen molar-refractivity contribution in [2.75, 3.05) is 0 Å². The first-order valence-corrected chi connectivity index (χ1v) is 7.44. The third-order valence-corrected chi connectivity index (χ3v) is 4.15. The summed E-state index contributed by atoms with van der Waals surface area (Å²) in [5, 5.41) is 2.74. The van der Waals surface area contributed by atoms with Crippen molar-refractivity contribution in [1.29, 1.82) is 0 Å². The van der Waals surface area contributed by atoms with Gasteiger partial charge in [0.05, 0.1) is 5.54 Å². The maximum Gasteiger partial charge on any atom is 0.252 e. The lowest BCUT2D eigenvalue weighted by Crippen LogP contribution is -2.36. The molecule has 1 heterocycles. The summed E-state index contributed by atoms with van der Waals surface area (Å²) in [6.07, 6.45) is 2.61. The molecule has 6 heteroatoms. The number of carbonyl (C=O) groups excluding carboxylic acids is 1. The van der Waals surface area contributed by atoms with Gasteiger partial charge in [-0.1, -0.05) is 0 Å². The molecule has 0 aliphatic heterocycles. The average Bonchev–Trinajstić information content (AvgIpc) is 3.30. The van der Waals surface area contributed by atoms with E-state index in [9.17, 15) is 18.4 Å². The predicted molar refractivity (Wildman–Crippen MR) is 81.1 cm³/mol. The molecule has 1 aliphatic rings. The number of pyridine rings is 1. The lowest BCUT2D eigenvalue weighted by molar-refractivity contribution is 0.0929. The molecule has 0 atom stereocenters. The molecule has 1 amide bonds. The Morgan fingerprint density at radius 1 is 1.26 bits per heavy atom. The molecule has 4 nitrogen and oxygen atoms in total. The van der Waals surface area contributed by atoms with E-state index >= 15 is 0 Å². The first-order valence-electron chi connectivity index (χ1n) is 7.44. The van der Waals surface area contributed by atoms with Gasteiger partial charge in [0.2, 0.25) is 0 Å². The largest absolute Gasteiger partial charge is 0.342 e. The van der Waals surface area contributed by atoms with Crippen LogP contribution in [0, 0.1) is 11.6 Å². The van der Waals surface area contributed by atoms with Crippen molar-refractivity contribution in [3.05, 3.63) is 69.6 Å². The molecule has 0 unspecified atom stereocenters. The monoisotopic (exact) mass is 318 g/mol. The van der Waals surface area contributed by atoms with E-state index in [1.165, 1.54) is 16.7 Å². The van der Waals surface area contributed by atoms with Crippen LogP contribution >= 0.6 is 0 Å². The first-order chi connectivity index (χ1) is 10.9. The standard InChI is InChI=1S/C17H16F2N2O2/c1-2-21-8-5-11(9-15(21)22)16(23)20-17(6-7-17)13-10-12(18)3-4-14(13)19/h3-5,8-10H,2,6-7H2,1H3,(H,20,23). The maximum atomic E-state index is 13.9. The van der Waals surface area contributed by atoms with E-state index in [-0.39, 0.29) is 16.7 Å². The SMILES string of the molecule is CCn1ccc(C(=O)NC2(c3cc(F)ccc3F)CC2)cc1=O. The number of amides is 1. The molecule has 0 bridgehead atoms. The predicted octanol–water partition coefficient (Wildman–Crippen LogP) is 2.57. The molecule has 1 aromatic carbocycles. The quantitative estimate of drug-likeness (QED) is 0.942. The zero-order chi connectivity index (χ0) is 16.6. The summed E-state index contributed by atoms with van der Waals surface area (Å²) in [6.45, 7) is 2.34. The van der Waals surface area contributed by atoms with Gasteiger partial charge in [-0.15, -0.1) is 0 Å². The van der Waals surface area contributed by atoms with Crippen molar-refractivity contribution < 1.29 is 13.6 Å². The molecule has 120 valence electrons. The lowest BCUT2D eigenvalue weighted by Gasteiger charge is -2.19. The zero-order valence-electron chi connectivity index (χ0n) is 12.6. The zero-order valence-corrected chi connectivity index (χ0v) is 12.6. The normalized spacial score (nSPS) is 15.3. The summed E-state index contributed by atoms with van der Waals surface area (Å²) in [7, 11) is 0. The van der Waals surface area contributed by atoms with Crippen LogP contribution in [0.5, 0.6) is 0 Å². The van der Waals surface area contributed by atoms with Gasteiger partial charge in [0.15, 0.2) is 0 Å². The molecular formula is C17H16F2N2O2. The van der Waals surface area contributed by atoms with Crippen LogP contribution in [0.15, 0.2) is 41.3 Å². The Balaban J connectivity index is 1.86. The van der Waals surface area contributed by atoms with Gasteiger partial charge in [0.25, 0.3) is 11.5 Å². The molecule has 1 saturated carbocycles. The van der Waals surface area contributed by atoms with E-state index in [1.54, 1.807) is 6.20 Å². The molecule has 23 heavy (non-hydrogen) atoms. The molecule has 1 aromatic heterocycles. The van der Waals surface area contributed by atoms with Crippen LogP contribution in [-0.2, 0) is 12.1 Å². The van der Waals surface area contributed by atoms with Gasteiger partial charge in [0.1, 0.15) is 11.6 Å².